The van der Waals surface area contributed by atoms with Crippen molar-refractivity contribution in [2.75, 3.05) is 26.2 Å². The number of hydrogen-bond acceptors (Lipinski definition) is 8. The third-order valence-electron chi connectivity index (χ3n) is 8.44. The van der Waals surface area contributed by atoms with E-state index >= 15 is 8.78 Å². The van der Waals surface area contributed by atoms with Gasteiger partial charge in [-0.3, -0.25) is 9.80 Å². The van der Waals surface area contributed by atoms with Gasteiger partial charge in [0, 0.05) is 37.3 Å². The van der Waals surface area contributed by atoms with Gasteiger partial charge in [0.2, 0.25) is 0 Å². The molecule has 6 aromatic rings. The molecule has 0 radical (unpaired) electrons. The molecule has 1 fully saturated rings. The molecule has 12 heteroatoms. The highest BCUT2D eigenvalue weighted by molar-refractivity contribution is 5.29. The first-order chi connectivity index (χ1) is 22.7. The Kier molecular flexibility index (Phi) is 8.61. The minimum absolute atomic E-state index is 0.325. The summed E-state index contributed by atoms with van der Waals surface area (Å²) in [5, 5.41) is 25.4. The number of hydrogen-bond donors (Lipinski definition) is 0. The zero-order valence-corrected chi connectivity index (χ0v) is 25.0. The van der Waals surface area contributed by atoms with Crippen LogP contribution in [0, 0.1) is 11.6 Å². The summed E-state index contributed by atoms with van der Waals surface area (Å²) in [6.45, 7) is 3.08. The van der Waals surface area contributed by atoms with Crippen LogP contribution in [0.2, 0.25) is 0 Å². The van der Waals surface area contributed by atoms with Crippen molar-refractivity contribution in [3.05, 3.63) is 155 Å². The quantitative estimate of drug-likeness (QED) is 0.221. The van der Waals surface area contributed by atoms with E-state index in [0.717, 1.165) is 11.1 Å². The Bertz CT molecular complexity index is 1730. The van der Waals surface area contributed by atoms with E-state index in [0.29, 0.717) is 62.0 Å². The predicted molar refractivity (Wildman–Crippen MR) is 166 cm³/mol. The van der Waals surface area contributed by atoms with E-state index in [1.165, 1.54) is 12.1 Å². The summed E-state index contributed by atoms with van der Waals surface area (Å²) in [5.41, 5.74) is 3.07. The topological polar surface area (TPSA) is 93.7 Å². The maximum atomic E-state index is 15.4. The molecule has 0 spiro atoms. The largest absolute Gasteiger partial charge is 0.287 e. The fourth-order valence-corrected chi connectivity index (χ4v) is 6.20. The van der Waals surface area contributed by atoms with Gasteiger partial charge < -0.3 is 0 Å². The lowest BCUT2D eigenvalue weighted by molar-refractivity contribution is 0.0805. The average molecular weight is 619 g/mol. The first kappa shape index (κ1) is 29.5. The van der Waals surface area contributed by atoms with E-state index in [9.17, 15) is 0 Å². The second-order valence-electron chi connectivity index (χ2n) is 11.3. The van der Waals surface area contributed by atoms with Crippen LogP contribution < -0.4 is 0 Å². The average Bonchev–Trinajstić information content (AvgIpc) is 3.74. The van der Waals surface area contributed by atoms with Gasteiger partial charge in [-0.25, -0.2) is 18.1 Å². The van der Waals surface area contributed by atoms with E-state index in [4.69, 9.17) is 0 Å². The number of aromatic nitrogens is 8. The van der Waals surface area contributed by atoms with E-state index in [-0.39, 0.29) is 11.6 Å². The number of rotatable bonds is 10. The number of halogens is 2. The van der Waals surface area contributed by atoms with Crippen molar-refractivity contribution in [3.63, 3.8) is 0 Å². The van der Waals surface area contributed by atoms with Crippen molar-refractivity contribution in [2.24, 2.45) is 0 Å². The molecule has 0 unspecified atom stereocenters. The Labute approximate surface area is 264 Å². The molecule has 0 aliphatic carbocycles. The zero-order valence-electron chi connectivity index (χ0n) is 25.0. The van der Waals surface area contributed by atoms with Crippen LogP contribution in [0.25, 0.3) is 0 Å². The molecule has 0 amide bonds. The van der Waals surface area contributed by atoms with Crippen molar-refractivity contribution in [2.45, 2.75) is 25.2 Å². The molecule has 46 heavy (non-hydrogen) atoms. The molecule has 7 rings (SSSR count). The first-order valence-electron chi connectivity index (χ1n) is 15.2. The Hall–Kier alpha value is -5.20. The summed E-state index contributed by atoms with van der Waals surface area (Å²) in [6.07, 6.45) is 0. The van der Waals surface area contributed by atoms with Gasteiger partial charge in [0.25, 0.3) is 0 Å². The van der Waals surface area contributed by atoms with Crippen molar-refractivity contribution >= 4 is 0 Å². The third kappa shape index (κ3) is 6.17. The first-order valence-corrected chi connectivity index (χ1v) is 15.2. The van der Waals surface area contributed by atoms with Crippen LogP contribution in [0.5, 0.6) is 0 Å². The van der Waals surface area contributed by atoms with Crippen molar-refractivity contribution in [1.82, 2.24) is 50.2 Å². The summed E-state index contributed by atoms with van der Waals surface area (Å²) in [7, 11) is 0. The van der Waals surface area contributed by atoms with Gasteiger partial charge in [-0.05, 0) is 44.1 Å². The standard InChI is InChI=1S/C34H32F2N10/c35-29-17-9-7-15-27(29)31(33-37-39-41-45(33)23-25-11-3-1-4-12-25)43-19-21-44(22-20-43)32(28-16-8-10-18-30(28)36)34-38-40-42-46(34)24-26-13-5-2-6-14-26/h1-18,31-32H,19-24H2/t31-,32+. The molecule has 0 saturated carbocycles. The highest BCUT2D eigenvalue weighted by atomic mass is 19.1. The molecule has 4 aromatic carbocycles. The molecule has 0 N–H and O–H groups in total. The Balaban J connectivity index is 1.20. The fourth-order valence-electron chi connectivity index (χ4n) is 6.20. The number of tetrazole rings is 2. The van der Waals surface area contributed by atoms with Crippen LogP contribution in [0.1, 0.15) is 46.0 Å². The maximum absolute atomic E-state index is 15.4. The van der Waals surface area contributed by atoms with Gasteiger partial charge in [0.15, 0.2) is 11.6 Å². The highest BCUT2D eigenvalue weighted by Crippen LogP contribution is 2.34. The van der Waals surface area contributed by atoms with Crippen LogP contribution in [0.4, 0.5) is 8.78 Å². The molecule has 1 aliphatic rings. The monoisotopic (exact) mass is 618 g/mol. The maximum Gasteiger partial charge on any atom is 0.173 e. The molecule has 2 atom stereocenters. The summed E-state index contributed by atoms with van der Waals surface area (Å²) in [5.74, 6) is 0.460. The van der Waals surface area contributed by atoms with Gasteiger partial charge >= 0.3 is 0 Å². The highest BCUT2D eigenvalue weighted by Gasteiger charge is 2.36. The van der Waals surface area contributed by atoms with Gasteiger partial charge in [-0.2, -0.15) is 0 Å². The third-order valence-corrected chi connectivity index (χ3v) is 8.44. The fraction of sp³-hybridized carbons (Fsp3) is 0.235. The summed E-state index contributed by atoms with van der Waals surface area (Å²) < 4.78 is 34.4. The SMILES string of the molecule is Fc1ccccc1[C@H](c1nnnn1Cc1ccccc1)N1CCN([C@@H](c2ccccc2F)c2nnnn2Cc2ccccc2)CC1. The van der Waals surface area contributed by atoms with E-state index < -0.39 is 12.1 Å². The minimum Gasteiger partial charge on any atom is -0.287 e. The summed E-state index contributed by atoms with van der Waals surface area (Å²) in [4.78, 5) is 4.38. The number of nitrogens with zero attached hydrogens (tertiary/aromatic N) is 10. The second kappa shape index (κ2) is 13.4. The lowest BCUT2D eigenvalue weighted by Gasteiger charge is -2.41. The Morgan fingerprint density at radius 3 is 1.26 bits per heavy atom. The smallest absolute Gasteiger partial charge is 0.173 e. The van der Waals surface area contributed by atoms with E-state index in [1.54, 1.807) is 33.6 Å². The molecule has 3 heterocycles. The normalized spacial score (nSPS) is 15.5. The lowest BCUT2D eigenvalue weighted by atomic mass is 10.00. The molecule has 1 aliphatic heterocycles. The summed E-state index contributed by atoms with van der Waals surface area (Å²) in [6, 6.07) is 32.3. The Morgan fingerprint density at radius 2 is 0.870 bits per heavy atom. The minimum atomic E-state index is -0.530. The van der Waals surface area contributed by atoms with Gasteiger partial charge in [-0.1, -0.05) is 97.1 Å². The number of benzene rings is 4. The van der Waals surface area contributed by atoms with Gasteiger partial charge in [0.1, 0.15) is 23.7 Å². The van der Waals surface area contributed by atoms with Crippen molar-refractivity contribution in [1.29, 1.82) is 0 Å². The van der Waals surface area contributed by atoms with Crippen molar-refractivity contribution < 1.29 is 8.78 Å². The van der Waals surface area contributed by atoms with Gasteiger partial charge in [0.05, 0.1) is 13.1 Å². The van der Waals surface area contributed by atoms with Crippen LogP contribution in [0.15, 0.2) is 109 Å². The molecule has 10 nitrogen and oxygen atoms in total. The van der Waals surface area contributed by atoms with Gasteiger partial charge in [-0.15, -0.1) is 10.2 Å². The van der Waals surface area contributed by atoms with Crippen LogP contribution in [-0.4, -0.2) is 76.4 Å². The zero-order chi connectivity index (χ0) is 31.3. The van der Waals surface area contributed by atoms with Crippen molar-refractivity contribution in [3.8, 4) is 0 Å². The molecule has 1 saturated heterocycles. The Morgan fingerprint density at radius 1 is 0.500 bits per heavy atom. The molecule has 0 bridgehead atoms. The molecular weight excluding hydrogens is 586 g/mol. The number of piperazine rings is 1. The van der Waals surface area contributed by atoms with Crippen LogP contribution in [0.3, 0.4) is 0 Å². The molecular formula is C34H32F2N10. The van der Waals surface area contributed by atoms with Crippen LogP contribution in [-0.2, 0) is 13.1 Å². The van der Waals surface area contributed by atoms with E-state index in [1.807, 2.05) is 72.8 Å². The predicted octanol–water partition coefficient (Wildman–Crippen LogP) is 4.53. The summed E-state index contributed by atoms with van der Waals surface area (Å²) >= 11 is 0. The second-order valence-corrected chi connectivity index (χ2v) is 11.3. The lowest BCUT2D eigenvalue weighted by Crippen LogP contribution is -2.50. The van der Waals surface area contributed by atoms with E-state index in [2.05, 4.69) is 40.9 Å². The molecule has 2 aromatic heterocycles. The van der Waals surface area contributed by atoms with Crippen LogP contribution >= 0.6 is 0 Å². The molecule has 232 valence electrons.